The monoisotopic (exact) mass is 334 g/mol. The van der Waals surface area contributed by atoms with E-state index in [4.69, 9.17) is 4.52 Å². The molecule has 2 aromatic rings. The molecule has 0 radical (unpaired) electrons. The second-order valence-corrected chi connectivity index (χ2v) is 8.48. The molecule has 1 aromatic heterocycles. The van der Waals surface area contributed by atoms with E-state index in [1.54, 1.807) is 0 Å². The molecule has 0 N–H and O–H groups in total. The molecule has 1 fully saturated rings. The Bertz CT molecular complexity index is 749. The maximum absolute atomic E-state index is 11.9. The van der Waals surface area contributed by atoms with Gasteiger partial charge < -0.3 is 4.52 Å². The summed E-state index contributed by atoms with van der Waals surface area (Å²) < 4.78 is 29.0. The molecule has 1 saturated heterocycles. The van der Waals surface area contributed by atoms with Gasteiger partial charge >= 0.3 is 0 Å². The van der Waals surface area contributed by atoms with Gasteiger partial charge in [-0.1, -0.05) is 35.5 Å². The SMILES string of the molecule is Cc1noc(C)c1CN(Cc1ccccc1)[C@H]1CCS(=O)(=O)C1. The van der Waals surface area contributed by atoms with Gasteiger partial charge in [-0.25, -0.2) is 8.42 Å². The van der Waals surface area contributed by atoms with E-state index in [9.17, 15) is 8.42 Å². The standard InChI is InChI=1S/C17H22N2O3S/c1-13-17(14(2)22-18-13)11-19(10-15-6-4-3-5-7-15)16-8-9-23(20,21)12-16/h3-7,16H,8-12H2,1-2H3/t16-/m0/s1. The molecule has 0 spiro atoms. The van der Waals surface area contributed by atoms with Gasteiger partial charge in [0.15, 0.2) is 9.84 Å². The van der Waals surface area contributed by atoms with Crippen molar-refractivity contribution in [3.63, 3.8) is 0 Å². The molecule has 1 aliphatic rings. The Balaban J connectivity index is 1.84. The number of aryl methyl sites for hydroxylation is 2. The summed E-state index contributed by atoms with van der Waals surface area (Å²) >= 11 is 0. The van der Waals surface area contributed by atoms with Crippen LogP contribution in [0.2, 0.25) is 0 Å². The van der Waals surface area contributed by atoms with Crippen LogP contribution in [0, 0.1) is 13.8 Å². The van der Waals surface area contributed by atoms with Crippen molar-refractivity contribution in [3.05, 3.63) is 52.9 Å². The van der Waals surface area contributed by atoms with E-state index < -0.39 is 9.84 Å². The van der Waals surface area contributed by atoms with Crippen LogP contribution in [-0.2, 0) is 22.9 Å². The lowest BCUT2D eigenvalue weighted by molar-refractivity contribution is 0.193. The van der Waals surface area contributed by atoms with Gasteiger partial charge in [0.05, 0.1) is 17.2 Å². The third-order valence-corrected chi connectivity index (χ3v) is 6.25. The van der Waals surface area contributed by atoms with Crippen molar-refractivity contribution < 1.29 is 12.9 Å². The first-order chi connectivity index (χ1) is 10.9. The van der Waals surface area contributed by atoms with E-state index in [1.807, 2.05) is 32.0 Å². The fourth-order valence-electron chi connectivity index (χ4n) is 3.13. The van der Waals surface area contributed by atoms with Crippen LogP contribution in [-0.4, -0.2) is 36.0 Å². The normalized spacial score (nSPS) is 20.2. The third kappa shape index (κ3) is 3.82. The van der Waals surface area contributed by atoms with Gasteiger partial charge in [-0.05, 0) is 25.8 Å². The Hall–Kier alpha value is -1.66. The Kier molecular flexibility index (Phi) is 4.55. The topological polar surface area (TPSA) is 63.4 Å². The first-order valence-electron chi connectivity index (χ1n) is 7.85. The summed E-state index contributed by atoms with van der Waals surface area (Å²) in [6, 6.07) is 10.2. The molecule has 0 unspecified atom stereocenters. The predicted molar refractivity (Wildman–Crippen MR) is 88.7 cm³/mol. The average molecular weight is 334 g/mol. The third-order valence-electron chi connectivity index (χ3n) is 4.50. The zero-order valence-electron chi connectivity index (χ0n) is 13.5. The highest BCUT2D eigenvalue weighted by Gasteiger charge is 2.33. The average Bonchev–Trinajstić information content (AvgIpc) is 3.03. The van der Waals surface area contributed by atoms with Crippen LogP contribution in [0.3, 0.4) is 0 Å². The number of nitrogens with zero attached hydrogens (tertiary/aromatic N) is 2. The minimum Gasteiger partial charge on any atom is -0.361 e. The molecule has 0 bridgehead atoms. The zero-order valence-corrected chi connectivity index (χ0v) is 14.3. The first kappa shape index (κ1) is 16.2. The summed E-state index contributed by atoms with van der Waals surface area (Å²) in [6.07, 6.45) is 0.693. The number of benzene rings is 1. The van der Waals surface area contributed by atoms with E-state index in [1.165, 1.54) is 5.56 Å². The van der Waals surface area contributed by atoms with Crippen molar-refractivity contribution in [3.8, 4) is 0 Å². The summed E-state index contributed by atoms with van der Waals surface area (Å²) in [5.74, 6) is 1.33. The highest BCUT2D eigenvalue weighted by Crippen LogP contribution is 2.24. The van der Waals surface area contributed by atoms with Crippen LogP contribution < -0.4 is 0 Å². The van der Waals surface area contributed by atoms with Crippen molar-refractivity contribution in [2.24, 2.45) is 0 Å². The molecule has 0 saturated carbocycles. The first-order valence-corrected chi connectivity index (χ1v) is 9.67. The van der Waals surface area contributed by atoms with Crippen molar-refractivity contribution in [2.45, 2.75) is 39.4 Å². The Morgan fingerprint density at radius 3 is 2.52 bits per heavy atom. The molecule has 124 valence electrons. The van der Waals surface area contributed by atoms with E-state index in [2.05, 4.69) is 22.2 Å². The van der Waals surface area contributed by atoms with Crippen LogP contribution in [0.5, 0.6) is 0 Å². The maximum Gasteiger partial charge on any atom is 0.151 e. The zero-order chi connectivity index (χ0) is 16.4. The molecular weight excluding hydrogens is 312 g/mol. The second kappa shape index (κ2) is 6.45. The van der Waals surface area contributed by atoms with Crippen molar-refractivity contribution in [1.82, 2.24) is 10.1 Å². The highest BCUT2D eigenvalue weighted by atomic mass is 32.2. The second-order valence-electron chi connectivity index (χ2n) is 6.25. The molecule has 0 amide bonds. The van der Waals surface area contributed by atoms with Gasteiger partial charge in [0, 0.05) is 24.7 Å². The minimum absolute atomic E-state index is 0.0499. The largest absolute Gasteiger partial charge is 0.361 e. The molecule has 6 heteroatoms. The summed E-state index contributed by atoms with van der Waals surface area (Å²) in [5.41, 5.74) is 3.12. The van der Waals surface area contributed by atoms with Gasteiger partial charge in [0.25, 0.3) is 0 Å². The summed E-state index contributed by atoms with van der Waals surface area (Å²) in [5, 5.41) is 4.01. The fraction of sp³-hybridized carbons (Fsp3) is 0.471. The van der Waals surface area contributed by atoms with Crippen LogP contribution in [0.15, 0.2) is 34.9 Å². The van der Waals surface area contributed by atoms with E-state index >= 15 is 0 Å². The predicted octanol–water partition coefficient (Wildman–Crippen LogP) is 2.48. The van der Waals surface area contributed by atoms with Gasteiger partial charge in [0.1, 0.15) is 5.76 Å². The molecule has 1 aromatic carbocycles. The van der Waals surface area contributed by atoms with Crippen molar-refractivity contribution in [2.75, 3.05) is 11.5 Å². The minimum atomic E-state index is -2.91. The smallest absolute Gasteiger partial charge is 0.151 e. The lowest BCUT2D eigenvalue weighted by atomic mass is 10.1. The number of hydrogen-bond donors (Lipinski definition) is 0. The van der Waals surface area contributed by atoms with Crippen molar-refractivity contribution >= 4 is 9.84 Å². The van der Waals surface area contributed by atoms with E-state index in [0.717, 1.165) is 23.6 Å². The number of hydrogen-bond acceptors (Lipinski definition) is 5. The van der Waals surface area contributed by atoms with Gasteiger partial charge in [-0.15, -0.1) is 0 Å². The van der Waals surface area contributed by atoms with Crippen LogP contribution in [0.1, 0.15) is 29.0 Å². The Morgan fingerprint density at radius 1 is 1.22 bits per heavy atom. The fourth-order valence-corrected chi connectivity index (χ4v) is 4.89. The molecule has 5 nitrogen and oxygen atoms in total. The van der Waals surface area contributed by atoms with E-state index in [0.29, 0.717) is 13.0 Å². The van der Waals surface area contributed by atoms with E-state index in [-0.39, 0.29) is 17.5 Å². The lowest BCUT2D eigenvalue weighted by Gasteiger charge is -2.28. The van der Waals surface area contributed by atoms with Crippen LogP contribution in [0.4, 0.5) is 0 Å². The molecule has 23 heavy (non-hydrogen) atoms. The Labute approximate surface area is 137 Å². The molecule has 2 heterocycles. The van der Waals surface area contributed by atoms with Gasteiger partial charge in [-0.2, -0.15) is 0 Å². The molecule has 1 atom stereocenters. The number of sulfone groups is 1. The molecule has 3 rings (SSSR count). The van der Waals surface area contributed by atoms with Gasteiger partial charge in [-0.3, -0.25) is 4.90 Å². The summed E-state index contributed by atoms with van der Waals surface area (Å²) in [7, 11) is -2.91. The van der Waals surface area contributed by atoms with Gasteiger partial charge in [0.2, 0.25) is 0 Å². The molecular formula is C17H22N2O3S. The summed E-state index contributed by atoms with van der Waals surface area (Å²) in [6.45, 7) is 5.22. The molecule has 0 aliphatic carbocycles. The van der Waals surface area contributed by atoms with Crippen LogP contribution in [0.25, 0.3) is 0 Å². The maximum atomic E-state index is 11.9. The highest BCUT2D eigenvalue weighted by molar-refractivity contribution is 7.91. The molecule has 1 aliphatic heterocycles. The quantitative estimate of drug-likeness (QED) is 0.840. The number of rotatable bonds is 5. The summed E-state index contributed by atoms with van der Waals surface area (Å²) in [4.78, 5) is 2.24. The number of aromatic nitrogens is 1. The lowest BCUT2D eigenvalue weighted by Crippen LogP contribution is -2.35. The Morgan fingerprint density at radius 2 is 1.96 bits per heavy atom. The van der Waals surface area contributed by atoms with Crippen molar-refractivity contribution in [1.29, 1.82) is 0 Å². The van der Waals surface area contributed by atoms with Crippen LogP contribution >= 0.6 is 0 Å².